The highest BCUT2D eigenvalue weighted by molar-refractivity contribution is 6.36. The molecule has 1 fully saturated rings. The van der Waals surface area contributed by atoms with Crippen molar-refractivity contribution in [3.63, 3.8) is 0 Å². The highest BCUT2D eigenvalue weighted by Gasteiger charge is 2.26. The molecule has 1 aliphatic rings. The van der Waals surface area contributed by atoms with E-state index in [9.17, 15) is 9.59 Å². The predicted octanol–water partition coefficient (Wildman–Crippen LogP) is 5.04. The molecule has 1 aliphatic heterocycles. The van der Waals surface area contributed by atoms with Crippen molar-refractivity contribution in [3.8, 4) is 17.0 Å². The van der Waals surface area contributed by atoms with Crippen LogP contribution in [-0.2, 0) is 11.3 Å². The van der Waals surface area contributed by atoms with Crippen molar-refractivity contribution >= 4 is 40.8 Å². The Morgan fingerprint density at radius 3 is 2.38 bits per heavy atom. The van der Waals surface area contributed by atoms with Gasteiger partial charge >= 0.3 is 0 Å². The summed E-state index contributed by atoms with van der Waals surface area (Å²) in [7, 11) is 1.57. The summed E-state index contributed by atoms with van der Waals surface area (Å²) in [6, 6.07) is 19.4. The number of furan rings is 1. The first-order valence-corrected chi connectivity index (χ1v) is 13.4. The van der Waals surface area contributed by atoms with Crippen LogP contribution in [0.15, 0.2) is 77.4 Å². The summed E-state index contributed by atoms with van der Waals surface area (Å²) in [5.74, 6) is 1.57. The summed E-state index contributed by atoms with van der Waals surface area (Å²) in [4.78, 5) is 32.0. The average Bonchev–Trinajstić information content (AvgIpc) is 3.50. The third kappa shape index (κ3) is 6.38. The van der Waals surface area contributed by atoms with Gasteiger partial charge in [0, 0.05) is 42.3 Å². The van der Waals surface area contributed by atoms with Crippen LogP contribution in [0.25, 0.3) is 11.3 Å². The average molecular weight is 580 g/mol. The van der Waals surface area contributed by atoms with Crippen molar-refractivity contribution in [2.24, 2.45) is 0 Å². The molecule has 0 atom stereocenters. The maximum atomic E-state index is 13.3. The minimum absolute atomic E-state index is 0.0675. The van der Waals surface area contributed by atoms with Gasteiger partial charge in [-0.3, -0.25) is 9.59 Å². The summed E-state index contributed by atoms with van der Waals surface area (Å²) in [5.41, 5.74) is 1.87. The number of methoxy groups -OCH3 is 1. The molecule has 11 heteroatoms. The zero-order valence-electron chi connectivity index (χ0n) is 21.8. The van der Waals surface area contributed by atoms with Crippen LogP contribution in [-0.4, -0.2) is 71.6 Å². The Labute approximate surface area is 241 Å². The zero-order valence-corrected chi connectivity index (χ0v) is 23.3. The summed E-state index contributed by atoms with van der Waals surface area (Å²) in [6.45, 7) is 2.29. The molecule has 0 saturated carbocycles. The second kappa shape index (κ2) is 12.4. The summed E-state index contributed by atoms with van der Waals surface area (Å²) < 4.78 is 10.6. The number of carbonyl (C=O) groups excluding carboxylic acids is 2. The van der Waals surface area contributed by atoms with E-state index in [0.29, 0.717) is 59.0 Å². The number of hydrogen-bond acceptors (Lipinski definition) is 7. The van der Waals surface area contributed by atoms with Gasteiger partial charge in [0.15, 0.2) is 5.82 Å². The summed E-state index contributed by atoms with van der Waals surface area (Å²) in [6.07, 6.45) is 1.55. The number of benzene rings is 2. The second-order valence-electron chi connectivity index (χ2n) is 9.24. The monoisotopic (exact) mass is 579 g/mol. The van der Waals surface area contributed by atoms with Gasteiger partial charge in [-0.1, -0.05) is 23.2 Å². The lowest BCUT2D eigenvalue weighted by molar-refractivity contribution is -0.132. The Bertz CT molecular complexity index is 1460. The third-order valence-electron chi connectivity index (χ3n) is 6.69. The first kappa shape index (κ1) is 27.5. The largest absolute Gasteiger partial charge is 0.497 e. The molecule has 0 N–H and O–H groups in total. The van der Waals surface area contributed by atoms with Crippen LogP contribution in [0, 0.1) is 0 Å². The van der Waals surface area contributed by atoms with Crippen molar-refractivity contribution < 1.29 is 18.7 Å². The molecule has 5 rings (SSSR count). The number of halogens is 2. The molecule has 40 heavy (non-hydrogen) atoms. The molecule has 0 unspecified atom stereocenters. The smallest absolute Gasteiger partial charge is 0.254 e. The third-order valence-corrected chi connectivity index (χ3v) is 7.24. The lowest BCUT2D eigenvalue weighted by Gasteiger charge is -2.36. The van der Waals surface area contributed by atoms with Gasteiger partial charge in [-0.25, -0.2) is 0 Å². The van der Waals surface area contributed by atoms with Gasteiger partial charge in [-0.15, -0.1) is 10.2 Å². The maximum Gasteiger partial charge on any atom is 0.254 e. The molecular formula is C29H27Cl2N5O4. The van der Waals surface area contributed by atoms with Crippen molar-refractivity contribution in [1.82, 2.24) is 20.0 Å². The molecule has 2 amide bonds. The fourth-order valence-corrected chi connectivity index (χ4v) is 4.99. The standard InChI is InChI=1S/C29H27Cl2N5O4/c1-39-22-7-4-20(5-8-22)29(38)36(18-23-3-2-16-40-23)19-28(37)35-14-12-34(13-15-35)27-11-10-26(32-33-27)24-9-6-21(30)17-25(24)31/h2-11,16-17H,12-15,18-19H2,1H3. The van der Waals surface area contributed by atoms with E-state index in [-0.39, 0.29) is 24.9 Å². The van der Waals surface area contributed by atoms with Crippen LogP contribution in [0.2, 0.25) is 10.0 Å². The van der Waals surface area contributed by atoms with Crippen LogP contribution in [0.1, 0.15) is 16.1 Å². The first-order valence-electron chi connectivity index (χ1n) is 12.7. The normalized spacial score (nSPS) is 13.3. The quantitative estimate of drug-likeness (QED) is 0.288. The molecule has 206 valence electrons. The maximum absolute atomic E-state index is 13.3. The molecule has 0 radical (unpaired) electrons. The van der Waals surface area contributed by atoms with E-state index in [4.69, 9.17) is 32.4 Å². The molecule has 3 heterocycles. The van der Waals surface area contributed by atoms with E-state index < -0.39 is 0 Å². The molecule has 4 aromatic rings. The van der Waals surface area contributed by atoms with Crippen molar-refractivity contribution in [2.45, 2.75) is 6.54 Å². The summed E-state index contributed by atoms with van der Waals surface area (Å²) in [5, 5.41) is 9.79. The fraction of sp³-hybridized carbons (Fsp3) is 0.241. The highest BCUT2D eigenvalue weighted by Crippen LogP contribution is 2.29. The van der Waals surface area contributed by atoms with Crippen LogP contribution < -0.4 is 9.64 Å². The molecule has 2 aromatic carbocycles. The van der Waals surface area contributed by atoms with E-state index in [1.165, 1.54) is 4.90 Å². The lowest BCUT2D eigenvalue weighted by Crippen LogP contribution is -2.52. The molecule has 1 saturated heterocycles. The topological polar surface area (TPSA) is 92.0 Å². The van der Waals surface area contributed by atoms with Crippen LogP contribution >= 0.6 is 23.2 Å². The molecular weight excluding hydrogens is 553 g/mol. The Kier molecular flexibility index (Phi) is 8.52. The fourth-order valence-electron chi connectivity index (χ4n) is 4.49. The predicted molar refractivity (Wildman–Crippen MR) is 153 cm³/mol. The molecule has 0 aliphatic carbocycles. The molecule has 2 aromatic heterocycles. The van der Waals surface area contributed by atoms with Crippen LogP contribution in [0.3, 0.4) is 0 Å². The Morgan fingerprint density at radius 2 is 1.75 bits per heavy atom. The minimum atomic E-state index is -0.262. The van der Waals surface area contributed by atoms with Gasteiger partial charge < -0.3 is 23.9 Å². The number of anilines is 1. The number of carbonyl (C=O) groups is 2. The van der Waals surface area contributed by atoms with E-state index >= 15 is 0 Å². The number of amides is 2. The molecule has 9 nitrogen and oxygen atoms in total. The molecule has 0 bridgehead atoms. The first-order chi connectivity index (χ1) is 19.4. The van der Waals surface area contributed by atoms with Gasteiger partial charge in [0.2, 0.25) is 5.91 Å². The number of rotatable bonds is 8. The highest BCUT2D eigenvalue weighted by atomic mass is 35.5. The second-order valence-corrected chi connectivity index (χ2v) is 10.1. The lowest BCUT2D eigenvalue weighted by atomic mass is 10.1. The van der Waals surface area contributed by atoms with E-state index in [2.05, 4.69) is 15.1 Å². The number of hydrogen-bond donors (Lipinski definition) is 0. The van der Waals surface area contributed by atoms with Crippen molar-refractivity contribution in [3.05, 3.63) is 94.4 Å². The van der Waals surface area contributed by atoms with Crippen molar-refractivity contribution in [2.75, 3.05) is 44.7 Å². The van der Waals surface area contributed by atoms with Gasteiger partial charge in [0.25, 0.3) is 5.91 Å². The summed E-state index contributed by atoms with van der Waals surface area (Å²) >= 11 is 12.3. The van der Waals surface area contributed by atoms with Crippen LogP contribution in [0.5, 0.6) is 5.75 Å². The number of ether oxygens (including phenoxy) is 1. The van der Waals surface area contributed by atoms with Gasteiger partial charge in [0.1, 0.15) is 18.1 Å². The van der Waals surface area contributed by atoms with Gasteiger partial charge in [-0.2, -0.15) is 0 Å². The van der Waals surface area contributed by atoms with Gasteiger partial charge in [0.05, 0.1) is 30.6 Å². The van der Waals surface area contributed by atoms with Gasteiger partial charge in [-0.05, 0) is 66.7 Å². The Balaban J connectivity index is 1.21. The zero-order chi connectivity index (χ0) is 28.1. The van der Waals surface area contributed by atoms with Crippen molar-refractivity contribution in [1.29, 1.82) is 0 Å². The SMILES string of the molecule is COc1ccc(C(=O)N(CC(=O)N2CCN(c3ccc(-c4ccc(Cl)cc4Cl)nn3)CC2)Cc2ccco2)cc1. The van der Waals surface area contributed by atoms with E-state index in [0.717, 1.165) is 11.4 Å². The Morgan fingerprint density at radius 1 is 0.975 bits per heavy atom. The van der Waals surface area contributed by atoms with E-state index in [1.807, 2.05) is 18.2 Å². The number of aromatic nitrogens is 2. The Hall–Kier alpha value is -4.08. The number of nitrogens with zero attached hydrogens (tertiary/aromatic N) is 5. The minimum Gasteiger partial charge on any atom is -0.497 e. The van der Waals surface area contributed by atoms with Crippen LogP contribution in [0.4, 0.5) is 5.82 Å². The molecule has 0 spiro atoms. The van der Waals surface area contributed by atoms with E-state index in [1.54, 1.807) is 66.8 Å². The number of piperazine rings is 1.